The summed E-state index contributed by atoms with van der Waals surface area (Å²) in [5, 5.41) is 8.23. The maximum atomic E-state index is 12.5. The SMILES string of the molecule is CC(C)(CNC(=O)Cn1nc2n(c1=O)CCCCC2)c1ccc(Cl)c(Cl)c1. The van der Waals surface area contributed by atoms with Crippen LogP contribution in [0.15, 0.2) is 23.0 Å². The van der Waals surface area contributed by atoms with Gasteiger partial charge in [0.05, 0.1) is 10.0 Å². The van der Waals surface area contributed by atoms with Crippen molar-refractivity contribution in [2.45, 2.75) is 58.0 Å². The van der Waals surface area contributed by atoms with Crippen molar-refractivity contribution in [3.63, 3.8) is 0 Å². The minimum absolute atomic E-state index is 0.0731. The Bertz CT molecular complexity index is 902. The third kappa shape index (κ3) is 4.55. The number of carbonyl (C=O) groups is 1. The highest BCUT2D eigenvalue weighted by molar-refractivity contribution is 6.42. The fraction of sp³-hybridized carbons (Fsp3) is 0.526. The molecule has 0 aliphatic carbocycles. The first-order chi connectivity index (χ1) is 12.8. The first-order valence-electron chi connectivity index (χ1n) is 9.17. The Morgan fingerprint density at radius 1 is 1.22 bits per heavy atom. The second-order valence-corrected chi connectivity index (χ2v) is 8.42. The zero-order chi connectivity index (χ0) is 19.6. The highest BCUT2D eigenvalue weighted by atomic mass is 35.5. The van der Waals surface area contributed by atoms with Crippen LogP contribution in [0.1, 0.15) is 44.5 Å². The molecule has 0 saturated carbocycles. The predicted molar refractivity (Wildman–Crippen MR) is 107 cm³/mol. The lowest BCUT2D eigenvalue weighted by atomic mass is 9.84. The summed E-state index contributed by atoms with van der Waals surface area (Å²) in [6.07, 6.45) is 3.89. The zero-order valence-electron chi connectivity index (χ0n) is 15.6. The van der Waals surface area contributed by atoms with E-state index in [4.69, 9.17) is 23.2 Å². The van der Waals surface area contributed by atoms with Gasteiger partial charge in [0.1, 0.15) is 12.4 Å². The molecule has 1 aromatic heterocycles. The fourth-order valence-corrected chi connectivity index (χ4v) is 3.56. The minimum atomic E-state index is -0.333. The monoisotopic (exact) mass is 410 g/mol. The van der Waals surface area contributed by atoms with E-state index in [1.54, 1.807) is 10.6 Å². The molecule has 1 aliphatic heterocycles. The normalized spacial score (nSPS) is 14.5. The number of hydrogen-bond acceptors (Lipinski definition) is 3. The number of benzene rings is 1. The van der Waals surface area contributed by atoms with Crippen LogP contribution in [0.25, 0.3) is 0 Å². The molecule has 1 amide bonds. The first-order valence-corrected chi connectivity index (χ1v) is 9.92. The van der Waals surface area contributed by atoms with Gasteiger partial charge in [-0.1, -0.05) is 49.5 Å². The molecule has 6 nitrogen and oxygen atoms in total. The van der Waals surface area contributed by atoms with E-state index in [1.807, 2.05) is 26.0 Å². The molecular weight excluding hydrogens is 387 g/mol. The summed E-state index contributed by atoms with van der Waals surface area (Å²) in [7, 11) is 0. The van der Waals surface area contributed by atoms with Crippen LogP contribution in [-0.2, 0) is 29.7 Å². The third-order valence-electron chi connectivity index (χ3n) is 5.00. The summed E-state index contributed by atoms with van der Waals surface area (Å²) < 4.78 is 2.96. The van der Waals surface area contributed by atoms with Gasteiger partial charge in [0.25, 0.3) is 0 Å². The summed E-state index contributed by atoms with van der Waals surface area (Å²) in [6.45, 7) is 5.04. The molecule has 0 radical (unpaired) electrons. The van der Waals surface area contributed by atoms with E-state index in [0.29, 0.717) is 23.1 Å². The topological polar surface area (TPSA) is 68.9 Å². The van der Waals surface area contributed by atoms with Gasteiger partial charge in [0.2, 0.25) is 5.91 Å². The van der Waals surface area contributed by atoms with Crippen LogP contribution >= 0.6 is 23.2 Å². The van der Waals surface area contributed by atoms with Crippen molar-refractivity contribution in [2.24, 2.45) is 0 Å². The van der Waals surface area contributed by atoms with Crippen molar-refractivity contribution >= 4 is 29.1 Å². The van der Waals surface area contributed by atoms with Crippen molar-refractivity contribution in [3.8, 4) is 0 Å². The van der Waals surface area contributed by atoms with E-state index in [1.165, 1.54) is 4.68 Å². The predicted octanol–water partition coefficient (Wildman–Crippen LogP) is 3.17. The van der Waals surface area contributed by atoms with Gasteiger partial charge in [-0.25, -0.2) is 9.48 Å². The Morgan fingerprint density at radius 3 is 2.74 bits per heavy atom. The molecule has 0 atom stereocenters. The quantitative estimate of drug-likeness (QED) is 0.822. The summed E-state index contributed by atoms with van der Waals surface area (Å²) >= 11 is 12.1. The molecule has 0 fully saturated rings. The summed E-state index contributed by atoms with van der Waals surface area (Å²) in [4.78, 5) is 24.8. The van der Waals surface area contributed by atoms with Crippen molar-refractivity contribution in [2.75, 3.05) is 6.54 Å². The number of aromatic nitrogens is 3. The van der Waals surface area contributed by atoms with Gasteiger partial charge < -0.3 is 5.32 Å². The van der Waals surface area contributed by atoms with Crippen molar-refractivity contribution in [1.82, 2.24) is 19.7 Å². The highest BCUT2D eigenvalue weighted by Gasteiger charge is 2.23. The standard InChI is InChI=1S/C19H24Cl2N4O2/c1-19(2,13-7-8-14(20)15(21)10-13)12-22-17(26)11-25-18(27)24-9-5-3-4-6-16(24)23-25/h7-8,10H,3-6,9,11-12H2,1-2H3,(H,22,26). The average Bonchev–Trinajstić information content (AvgIpc) is 2.79. The Hall–Kier alpha value is -1.79. The van der Waals surface area contributed by atoms with E-state index < -0.39 is 0 Å². The zero-order valence-corrected chi connectivity index (χ0v) is 17.1. The Morgan fingerprint density at radius 2 is 2.00 bits per heavy atom. The Kier molecular flexibility index (Phi) is 5.96. The molecule has 27 heavy (non-hydrogen) atoms. The molecule has 1 aliphatic rings. The summed E-state index contributed by atoms with van der Waals surface area (Å²) in [5.74, 6) is 0.542. The number of carbonyl (C=O) groups excluding carboxylic acids is 1. The Labute approximate surface area is 168 Å². The third-order valence-corrected chi connectivity index (χ3v) is 5.74. The fourth-order valence-electron chi connectivity index (χ4n) is 3.26. The largest absolute Gasteiger partial charge is 0.354 e. The lowest BCUT2D eigenvalue weighted by molar-refractivity contribution is -0.122. The number of nitrogens with zero attached hydrogens (tertiary/aromatic N) is 3. The summed E-state index contributed by atoms with van der Waals surface area (Å²) in [6, 6.07) is 5.46. The van der Waals surface area contributed by atoms with Crippen molar-refractivity contribution in [3.05, 3.63) is 50.1 Å². The van der Waals surface area contributed by atoms with Crippen LogP contribution < -0.4 is 11.0 Å². The van der Waals surface area contributed by atoms with Crippen molar-refractivity contribution in [1.29, 1.82) is 0 Å². The van der Waals surface area contributed by atoms with Crippen LogP contribution in [0.5, 0.6) is 0 Å². The summed E-state index contributed by atoms with van der Waals surface area (Å²) in [5.41, 5.74) is 0.439. The van der Waals surface area contributed by atoms with E-state index in [0.717, 1.165) is 37.1 Å². The molecule has 2 heterocycles. The molecule has 1 N–H and O–H groups in total. The molecule has 8 heteroatoms. The van der Waals surface area contributed by atoms with Gasteiger partial charge in [-0.15, -0.1) is 0 Å². The molecule has 146 valence electrons. The number of hydrogen-bond donors (Lipinski definition) is 1. The maximum Gasteiger partial charge on any atom is 0.346 e. The van der Waals surface area contributed by atoms with Crippen LogP contribution in [0.4, 0.5) is 0 Å². The number of amides is 1. The highest BCUT2D eigenvalue weighted by Crippen LogP contribution is 2.29. The van der Waals surface area contributed by atoms with E-state index >= 15 is 0 Å². The van der Waals surface area contributed by atoms with Gasteiger partial charge in [-0.05, 0) is 30.5 Å². The molecule has 2 aromatic rings. The Balaban J connectivity index is 1.64. The lowest BCUT2D eigenvalue weighted by Gasteiger charge is -2.26. The van der Waals surface area contributed by atoms with Crippen molar-refractivity contribution < 1.29 is 4.79 Å². The van der Waals surface area contributed by atoms with Crippen LogP contribution in [-0.4, -0.2) is 26.8 Å². The second kappa shape index (κ2) is 8.07. The van der Waals surface area contributed by atoms with Gasteiger partial charge in [-0.3, -0.25) is 9.36 Å². The molecule has 0 unspecified atom stereocenters. The molecule has 3 rings (SSSR count). The van der Waals surface area contributed by atoms with Crippen LogP contribution in [0.3, 0.4) is 0 Å². The average molecular weight is 411 g/mol. The molecule has 0 saturated heterocycles. The van der Waals surface area contributed by atoms with E-state index in [2.05, 4.69) is 10.4 Å². The molecule has 0 spiro atoms. The number of halogens is 2. The number of rotatable bonds is 5. The molecule has 0 bridgehead atoms. The van der Waals surface area contributed by atoms with E-state index in [-0.39, 0.29) is 23.6 Å². The number of aryl methyl sites for hydroxylation is 1. The molecule has 1 aromatic carbocycles. The van der Waals surface area contributed by atoms with E-state index in [9.17, 15) is 9.59 Å². The van der Waals surface area contributed by atoms with Gasteiger partial charge in [-0.2, -0.15) is 5.10 Å². The number of fused-ring (bicyclic) bond motifs is 1. The lowest BCUT2D eigenvalue weighted by Crippen LogP contribution is -2.40. The smallest absolute Gasteiger partial charge is 0.346 e. The first kappa shape index (κ1) is 20.0. The van der Waals surface area contributed by atoms with Gasteiger partial charge in [0.15, 0.2) is 0 Å². The second-order valence-electron chi connectivity index (χ2n) is 7.61. The maximum absolute atomic E-state index is 12.5. The van der Waals surface area contributed by atoms with Crippen LogP contribution in [0, 0.1) is 0 Å². The molecular formula is C19H24Cl2N4O2. The minimum Gasteiger partial charge on any atom is -0.354 e. The number of nitrogens with one attached hydrogen (secondary N) is 1. The van der Waals surface area contributed by atoms with Gasteiger partial charge >= 0.3 is 5.69 Å². The van der Waals surface area contributed by atoms with Crippen LogP contribution in [0.2, 0.25) is 10.0 Å². The van der Waals surface area contributed by atoms with Gasteiger partial charge in [0, 0.05) is 24.9 Å².